The summed E-state index contributed by atoms with van der Waals surface area (Å²) in [4.78, 5) is 4.15. The number of nitrogens with zero attached hydrogens (tertiary/aromatic N) is 2. The van der Waals surface area contributed by atoms with Gasteiger partial charge in [0, 0.05) is 28.9 Å². The highest BCUT2D eigenvalue weighted by atomic mass is 15.1. The summed E-state index contributed by atoms with van der Waals surface area (Å²) in [7, 11) is 0. The van der Waals surface area contributed by atoms with Gasteiger partial charge in [0.05, 0.1) is 5.52 Å². The van der Waals surface area contributed by atoms with Crippen molar-refractivity contribution in [1.29, 1.82) is 0 Å². The monoisotopic (exact) mass is 259 g/mol. The Labute approximate surface area is 116 Å². The molecule has 1 N–H and O–H groups in total. The number of aromatic nitrogens is 3. The quantitative estimate of drug-likeness (QED) is 0.559. The second-order valence-electron chi connectivity index (χ2n) is 5.02. The third-order valence-electron chi connectivity index (χ3n) is 3.72. The second-order valence-corrected chi connectivity index (χ2v) is 5.02. The Bertz CT molecular complexity index is 922. The number of nitrogens with one attached hydrogen (secondary N) is 1. The predicted octanol–water partition coefficient (Wildman–Crippen LogP) is 4.09. The first-order valence-corrected chi connectivity index (χ1v) is 6.60. The van der Waals surface area contributed by atoms with Gasteiger partial charge >= 0.3 is 0 Å². The zero-order valence-corrected chi connectivity index (χ0v) is 11.1. The molecule has 0 spiro atoms. The molecule has 0 aliphatic rings. The number of H-pyrrole nitrogens is 1. The summed E-state index contributed by atoms with van der Waals surface area (Å²) >= 11 is 0. The molecule has 0 fully saturated rings. The summed E-state index contributed by atoms with van der Waals surface area (Å²) in [5.74, 6) is 0. The van der Waals surface area contributed by atoms with E-state index in [0.29, 0.717) is 0 Å². The molecule has 0 aliphatic carbocycles. The standard InChI is InChI=1S/C17H13N3/c1-11-16-9-13(4-5-17(16)20-19-11)12-2-3-15-10-18-7-6-14(15)8-12/h2-10H,1H3,(H,19,20). The Kier molecular flexibility index (Phi) is 2.33. The van der Waals surface area contributed by atoms with E-state index in [1.54, 1.807) is 0 Å². The van der Waals surface area contributed by atoms with Crippen molar-refractivity contribution in [3.63, 3.8) is 0 Å². The highest BCUT2D eigenvalue weighted by Crippen LogP contribution is 2.27. The van der Waals surface area contributed by atoms with Gasteiger partial charge in [-0.2, -0.15) is 5.10 Å². The Morgan fingerprint density at radius 2 is 1.75 bits per heavy atom. The van der Waals surface area contributed by atoms with Crippen molar-refractivity contribution in [3.8, 4) is 11.1 Å². The summed E-state index contributed by atoms with van der Waals surface area (Å²) in [5, 5.41) is 10.8. The zero-order valence-electron chi connectivity index (χ0n) is 11.1. The lowest BCUT2D eigenvalue weighted by Gasteiger charge is -2.04. The van der Waals surface area contributed by atoms with Crippen LogP contribution in [0.4, 0.5) is 0 Å². The van der Waals surface area contributed by atoms with E-state index in [1.807, 2.05) is 25.4 Å². The first-order chi connectivity index (χ1) is 9.81. The third-order valence-corrected chi connectivity index (χ3v) is 3.72. The van der Waals surface area contributed by atoms with Gasteiger partial charge in [0.15, 0.2) is 0 Å². The topological polar surface area (TPSA) is 41.6 Å². The molecule has 0 amide bonds. The summed E-state index contributed by atoms with van der Waals surface area (Å²) in [6.07, 6.45) is 3.72. The molecular formula is C17H13N3. The van der Waals surface area contributed by atoms with Gasteiger partial charge in [-0.3, -0.25) is 10.1 Å². The molecule has 2 aromatic heterocycles. The molecule has 4 aromatic rings. The van der Waals surface area contributed by atoms with Crippen molar-refractivity contribution in [2.24, 2.45) is 0 Å². The molecule has 3 nitrogen and oxygen atoms in total. The minimum Gasteiger partial charge on any atom is -0.282 e. The summed E-state index contributed by atoms with van der Waals surface area (Å²) < 4.78 is 0. The van der Waals surface area contributed by atoms with Crippen LogP contribution in [0.15, 0.2) is 54.9 Å². The Morgan fingerprint density at radius 1 is 0.900 bits per heavy atom. The minimum atomic E-state index is 1.01. The van der Waals surface area contributed by atoms with Crippen molar-refractivity contribution in [2.75, 3.05) is 0 Å². The van der Waals surface area contributed by atoms with Crippen LogP contribution in [0.3, 0.4) is 0 Å². The molecular weight excluding hydrogens is 246 g/mol. The molecule has 0 unspecified atom stereocenters. The van der Waals surface area contributed by atoms with Crippen molar-refractivity contribution in [3.05, 3.63) is 60.6 Å². The van der Waals surface area contributed by atoms with Gasteiger partial charge in [-0.05, 0) is 47.7 Å². The number of aromatic amines is 1. The molecule has 20 heavy (non-hydrogen) atoms. The molecule has 0 atom stereocenters. The summed E-state index contributed by atoms with van der Waals surface area (Å²) in [6, 6.07) is 14.9. The number of aryl methyl sites for hydroxylation is 1. The van der Waals surface area contributed by atoms with Crippen LogP contribution in [0.25, 0.3) is 32.8 Å². The molecule has 0 saturated carbocycles. The average Bonchev–Trinajstić information content (AvgIpc) is 2.88. The van der Waals surface area contributed by atoms with Crippen LogP contribution in [0, 0.1) is 6.92 Å². The SMILES string of the molecule is Cc1[nH]nc2ccc(-c3ccc4cnccc4c3)cc12. The Morgan fingerprint density at radius 3 is 2.70 bits per heavy atom. The van der Waals surface area contributed by atoms with Crippen LogP contribution in [0.2, 0.25) is 0 Å². The molecule has 0 saturated heterocycles. The molecule has 4 rings (SSSR count). The van der Waals surface area contributed by atoms with E-state index < -0.39 is 0 Å². The molecule has 3 heteroatoms. The van der Waals surface area contributed by atoms with E-state index in [4.69, 9.17) is 0 Å². The van der Waals surface area contributed by atoms with Crippen LogP contribution >= 0.6 is 0 Å². The number of hydrogen-bond donors (Lipinski definition) is 1. The van der Waals surface area contributed by atoms with E-state index in [-0.39, 0.29) is 0 Å². The van der Waals surface area contributed by atoms with Gasteiger partial charge in [-0.25, -0.2) is 0 Å². The van der Waals surface area contributed by atoms with Gasteiger partial charge in [0.1, 0.15) is 0 Å². The molecule has 0 aliphatic heterocycles. The normalized spacial score (nSPS) is 11.2. The van der Waals surface area contributed by atoms with Gasteiger partial charge in [0.25, 0.3) is 0 Å². The fourth-order valence-electron chi connectivity index (χ4n) is 2.58. The Hall–Kier alpha value is -2.68. The lowest BCUT2D eigenvalue weighted by Crippen LogP contribution is -1.81. The molecule has 0 radical (unpaired) electrons. The van der Waals surface area contributed by atoms with Crippen molar-refractivity contribution in [2.45, 2.75) is 6.92 Å². The van der Waals surface area contributed by atoms with Crippen LogP contribution < -0.4 is 0 Å². The number of hydrogen-bond acceptors (Lipinski definition) is 2. The fraction of sp³-hybridized carbons (Fsp3) is 0.0588. The molecule has 0 bridgehead atoms. The number of fused-ring (bicyclic) bond motifs is 2. The predicted molar refractivity (Wildman–Crippen MR) is 81.6 cm³/mol. The number of pyridine rings is 1. The highest BCUT2D eigenvalue weighted by Gasteiger charge is 2.05. The Balaban J connectivity index is 1.93. The number of rotatable bonds is 1. The fourth-order valence-corrected chi connectivity index (χ4v) is 2.58. The first kappa shape index (κ1) is 11.2. The van der Waals surface area contributed by atoms with Crippen molar-refractivity contribution >= 4 is 21.7 Å². The van der Waals surface area contributed by atoms with Crippen LogP contribution in [0.1, 0.15) is 5.69 Å². The molecule has 2 aromatic carbocycles. The summed E-state index contributed by atoms with van der Waals surface area (Å²) in [6.45, 7) is 2.05. The van der Waals surface area contributed by atoms with Crippen molar-refractivity contribution < 1.29 is 0 Å². The van der Waals surface area contributed by atoms with Gasteiger partial charge in [0.2, 0.25) is 0 Å². The van der Waals surface area contributed by atoms with Crippen LogP contribution in [-0.4, -0.2) is 15.2 Å². The van der Waals surface area contributed by atoms with E-state index in [9.17, 15) is 0 Å². The van der Waals surface area contributed by atoms with E-state index >= 15 is 0 Å². The molecule has 96 valence electrons. The second kappa shape index (κ2) is 4.17. The maximum absolute atomic E-state index is 4.27. The van der Waals surface area contributed by atoms with Crippen LogP contribution in [0.5, 0.6) is 0 Å². The third kappa shape index (κ3) is 1.67. The zero-order chi connectivity index (χ0) is 13.5. The maximum Gasteiger partial charge on any atom is 0.0924 e. The van der Waals surface area contributed by atoms with Gasteiger partial charge < -0.3 is 0 Å². The number of benzene rings is 2. The lowest BCUT2D eigenvalue weighted by molar-refractivity contribution is 1.07. The van der Waals surface area contributed by atoms with E-state index in [0.717, 1.165) is 16.6 Å². The largest absolute Gasteiger partial charge is 0.282 e. The highest BCUT2D eigenvalue weighted by molar-refractivity contribution is 5.90. The first-order valence-electron chi connectivity index (χ1n) is 6.60. The van der Waals surface area contributed by atoms with E-state index in [1.165, 1.54) is 21.9 Å². The van der Waals surface area contributed by atoms with Gasteiger partial charge in [-0.1, -0.05) is 18.2 Å². The van der Waals surface area contributed by atoms with Gasteiger partial charge in [-0.15, -0.1) is 0 Å². The summed E-state index contributed by atoms with van der Waals surface area (Å²) in [5.41, 5.74) is 4.54. The van der Waals surface area contributed by atoms with Crippen LogP contribution in [-0.2, 0) is 0 Å². The van der Waals surface area contributed by atoms with E-state index in [2.05, 4.69) is 51.6 Å². The lowest BCUT2D eigenvalue weighted by atomic mass is 10.0. The smallest absolute Gasteiger partial charge is 0.0924 e. The average molecular weight is 259 g/mol. The maximum atomic E-state index is 4.27. The minimum absolute atomic E-state index is 1.01. The molecule has 2 heterocycles. The van der Waals surface area contributed by atoms with Crippen molar-refractivity contribution in [1.82, 2.24) is 15.2 Å².